The molecule has 0 heterocycles. The summed E-state index contributed by atoms with van der Waals surface area (Å²) in [6, 6.07) is 16.8. The van der Waals surface area contributed by atoms with Crippen LogP contribution in [0.3, 0.4) is 0 Å². The fourth-order valence-corrected chi connectivity index (χ4v) is 2.94. The van der Waals surface area contributed by atoms with Crippen LogP contribution < -0.4 is 10.6 Å². The van der Waals surface area contributed by atoms with Gasteiger partial charge in [-0.15, -0.1) is 0 Å². The van der Waals surface area contributed by atoms with Crippen molar-refractivity contribution >= 4 is 22.6 Å². The molecule has 0 saturated heterocycles. The molecule has 2 N–H and O–H groups in total. The number of allylic oxidation sites excluding steroid dienone is 4. The third-order valence-corrected chi connectivity index (χ3v) is 4.09. The summed E-state index contributed by atoms with van der Waals surface area (Å²) >= 11 is 0. The molecule has 0 atom stereocenters. The van der Waals surface area contributed by atoms with Crippen molar-refractivity contribution < 1.29 is 0 Å². The number of benzene rings is 2. The number of hydrogen-bond donors (Lipinski definition) is 1. The molecule has 24 heavy (non-hydrogen) atoms. The van der Waals surface area contributed by atoms with Gasteiger partial charge >= 0.3 is 0 Å². The van der Waals surface area contributed by atoms with E-state index in [0.717, 1.165) is 30.8 Å². The van der Waals surface area contributed by atoms with Gasteiger partial charge in [0.15, 0.2) is 0 Å². The molecule has 0 saturated carbocycles. The molecule has 1 aliphatic rings. The van der Waals surface area contributed by atoms with Crippen molar-refractivity contribution in [1.29, 1.82) is 0 Å². The monoisotopic (exact) mass is 320 g/mol. The van der Waals surface area contributed by atoms with E-state index in [9.17, 15) is 0 Å². The Morgan fingerprint density at radius 2 is 1.79 bits per heavy atom. The van der Waals surface area contributed by atoms with Crippen molar-refractivity contribution in [2.45, 2.75) is 33.6 Å². The van der Waals surface area contributed by atoms with Crippen molar-refractivity contribution in [3.63, 3.8) is 0 Å². The molecule has 0 amide bonds. The molecule has 2 aromatic rings. The Morgan fingerprint density at radius 1 is 1.04 bits per heavy atom. The minimum absolute atomic E-state index is 0.832. The van der Waals surface area contributed by atoms with E-state index in [1.165, 1.54) is 16.8 Å². The first-order chi connectivity index (χ1) is 11.8. The summed E-state index contributed by atoms with van der Waals surface area (Å²) in [5, 5.41) is 0. The van der Waals surface area contributed by atoms with Crippen molar-refractivity contribution in [3.8, 4) is 0 Å². The number of nitrogens with two attached hydrogens (primary N) is 1. The van der Waals surface area contributed by atoms with Crippen LogP contribution in [0.5, 0.6) is 0 Å². The van der Waals surface area contributed by atoms with Gasteiger partial charge in [0, 0.05) is 12.2 Å². The molecule has 2 heteroatoms. The quantitative estimate of drug-likeness (QED) is 0.681. The summed E-state index contributed by atoms with van der Waals surface area (Å²) in [6.07, 6.45) is 8.72. The molecular weight excluding hydrogens is 292 g/mol. The summed E-state index contributed by atoms with van der Waals surface area (Å²) in [5.41, 5.74) is 12.0. The lowest BCUT2D eigenvalue weighted by molar-refractivity contribution is 1.02. The highest BCUT2D eigenvalue weighted by Crippen LogP contribution is 2.33. The topological polar surface area (TPSA) is 29.3 Å². The Labute approximate surface area is 146 Å². The zero-order chi connectivity index (χ0) is 17.4. The van der Waals surface area contributed by atoms with E-state index in [0.29, 0.717) is 0 Å². The van der Waals surface area contributed by atoms with Crippen LogP contribution in [-0.4, -0.2) is 6.54 Å². The van der Waals surface area contributed by atoms with Crippen LogP contribution in [0.2, 0.25) is 0 Å². The molecule has 3 rings (SSSR count). The Balaban J connectivity index is 0.00000100. The van der Waals surface area contributed by atoms with E-state index in [2.05, 4.69) is 72.5 Å². The van der Waals surface area contributed by atoms with Gasteiger partial charge in [-0.1, -0.05) is 56.3 Å². The average molecular weight is 320 g/mol. The summed E-state index contributed by atoms with van der Waals surface area (Å²) in [7, 11) is 0. The second kappa shape index (κ2) is 8.97. The number of para-hydroxylation sites is 1. The molecule has 0 aliphatic heterocycles. The first-order valence-electron chi connectivity index (χ1n) is 8.88. The van der Waals surface area contributed by atoms with E-state index in [1.807, 2.05) is 19.9 Å². The molecule has 1 aliphatic carbocycles. The molecular formula is C22H28N2. The maximum Gasteiger partial charge on any atom is 0.0644 e. The number of hydrogen-bond acceptors (Lipinski definition) is 2. The Hall–Kier alpha value is -2.48. The number of nitrogen functional groups attached to an aromatic ring is 1. The third-order valence-electron chi connectivity index (χ3n) is 4.09. The molecule has 0 radical (unpaired) electrons. The Kier molecular flexibility index (Phi) is 6.68. The second-order valence-electron chi connectivity index (χ2n) is 5.51. The molecule has 2 aromatic carbocycles. The van der Waals surface area contributed by atoms with Gasteiger partial charge in [-0.3, -0.25) is 0 Å². The van der Waals surface area contributed by atoms with Gasteiger partial charge in [-0.2, -0.15) is 0 Å². The van der Waals surface area contributed by atoms with Crippen LogP contribution in [0, 0.1) is 0 Å². The van der Waals surface area contributed by atoms with Crippen LogP contribution in [-0.2, 0) is 0 Å². The minimum atomic E-state index is 0.832. The second-order valence-corrected chi connectivity index (χ2v) is 5.51. The van der Waals surface area contributed by atoms with Gasteiger partial charge in [0.05, 0.1) is 11.4 Å². The highest BCUT2D eigenvalue weighted by atomic mass is 15.1. The molecule has 0 unspecified atom stereocenters. The predicted molar refractivity (Wildman–Crippen MR) is 108 cm³/mol. The van der Waals surface area contributed by atoms with E-state index in [-0.39, 0.29) is 0 Å². The Bertz CT molecular complexity index is 699. The fourth-order valence-electron chi connectivity index (χ4n) is 2.94. The summed E-state index contributed by atoms with van der Waals surface area (Å²) in [4.78, 5) is 2.24. The van der Waals surface area contributed by atoms with Crippen LogP contribution in [0.4, 0.5) is 17.1 Å². The molecule has 0 spiro atoms. The lowest BCUT2D eigenvalue weighted by Gasteiger charge is -2.25. The number of nitrogens with zero attached hydrogens (tertiary/aromatic N) is 1. The normalized spacial score (nSPS) is 12.9. The van der Waals surface area contributed by atoms with Crippen LogP contribution in [0.1, 0.15) is 39.2 Å². The van der Waals surface area contributed by atoms with Crippen LogP contribution >= 0.6 is 0 Å². The lowest BCUT2D eigenvalue weighted by Crippen LogP contribution is -2.17. The van der Waals surface area contributed by atoms with Crippen molar-refractivity contribution in [2.75, 3.05) is 17.2 Å². The van der Waals surface area contributed by atoms with E-state index < -0.39 is 0 Å². The van der Waals surface area contributed by atoms with Gasteiger partial charge < -0.3 is 10.6 Å². The minimum Gasteiger partial charge on any atom is -0.397 e. The standard InChI is InChI=1S/C20H22N2.C2H6/c1-2-22(18-11-7-4-8-12-18)20-14-13-17(15-19(20)21)16-9-5-3-6-10-16;1-2/h3-5,7-9,11-15H,2,6,10,21H2,1H3;1-2H3. The summed E-state index contributed by atoms with van der Waals surface area (Å²) < 4.78 is 0. The van der Waals surface area contributed by atoms with E-state index in [1.54, 1.807) is 0 Å². The lowest BCUT2D eigenvalue weighted by atomic mass is 9.96. The molecule has 126 valence electrons. The maximum atomic E-state index is 6.35. The van der Waals surface area contributed by atoms with Crippen molar-refractivity contribution in [2.24, 2.45) is 0 Å². The number of anilines is 3. The van der Waals surface area contributed by atoms with Crippen LogP contribution in [0.25, 0.3) is 5.57 Å². The van der Waals surface area contributed by atoms with Gasteiger partial charge in [-0.05, 0) is 55.2 Å². The highest BCUT2D eigenvalue weighted by molar-refractivity contribution is 5.80. The van der Waals surface area contributed by atoms with Crippen LogP contribution in [0.15, 0.2) is 66.8 Å². The smallest absolute Gasteiger partial charge is 0.0644 e. The Morgan fingerprint density at radius 3 is 2.38 bits per heavy atom. The van der Waals surface area contributed by atoms with Gasteiger partial charge in [0.25, 0.3) is 0 Å². The zero-order valence-corrected chi connectivity index (χ0v) is 15.0. The van der Waals surface area contributed by atoms with E-state index >= 15 is 0 Å². The summed E-state index contributed by atoms with van der Waals surface area (Å²) in [5.74, 6) is 0. The molecule has 0 fully saturated rings. The van der Waals surface area contributed by atoms with Crippen molar-refractivity contribution in [3.05, 3.63) is 72.3 Å². The van der Waals surface area contributed by atoms with Gasteiger partial charge in [0.1, 0.15) is 0 Å². The fraction of sp³-hybridized carbons (Fsp3) is 0.273. The summed E-state index contributed by atoms with van der Waals surface area (Å²) in [6.45, 7) is 7.04. The van der Waals surface area contributed by atoms with Gasteiger partial charge in [0.2, 0.25) is 0 Å². The third kappa shape index (κ3) is 4.08. The largest absolute Gasteiger partial charge is 0.397 e. The predicted octanol–water partition coefficient (Wildman–Crippen LogP) is 6.19. The molecule has 0 bridgehead atoms. The first-order valence-corrected chi connectivity index (χ1v) is 8.88. The molecule has 0 aromatic heterocycles. The van der Waals surface area contributed by atoms with Gasteiger partial charge in [-0.25, -0.2) is 0 Å². The van der Waals surface area contributed by atoms with E-state index in [4.69, 9.17) is 5.73 Å². The molecule has 2 nitrogen and oxygen atoms in total. The van der Waals surface area contributed by atoms with Crippen molar-refractivity contribution in [1.82, 2.24) is 0 Å². The zero-order valence-electron chi connectivity index (χ0n) is 15.0. The average Bonchev–Trinajstić information content (AvgIpc) is 2.67. The SMILES string of the molecule is CC.CCN(c1ccccc1)c1ccc(C2=CC=CCC2)cc1N. The first kappa shape index (κ1) is 17.9. The number of rotatable bonds is 4. The maximum absolute atomic E-state index is 6.35. The highest BCUT2D eigenvalue weighted by Gasteiger charge is 2.12.